The largest absolute Gasteiger partial charge is 0.493 e. The number of methoxy groups -OCH3 is 2. The van der Waals surface area contributed by atoms with E-state index in [0.29, 0.717) is 30.9 Å². The lowest BCUT2D eigenvalue weighted by molar-refractivity contribution is -0.148. The fourth-order valence-electron chi connectivity index (χ4n) is 3.90. The number of esters is 1. The van der Waals surface area contributed by atoms with Crippen molar-refractivity contribution in [1.82, 2.24) is 0 Å². The molecule has 0 radical (unpaired) electrons. The normalized spacial score (nSPS) is 12.5. The monoisotopic (exact) mass is 446 g/mol. The molecule has 0 aromatic heterocycles. The van der Waals surface area contributed by atoms with Gasteiger partial charge in [-0.1, -0.05) is 66.2 Å². The maximum Gasteiger partial charge on any atom is 0.309 e. The summed E-state index contributed by atoms with van der Waals surface area (Å²) in [7, 11) is 2.93. The Labute approximate surface area is 195 Å². The van der Waals surface area contributed by atoms with Crippen molar-refractivity contribution in [3.63, 3.8) is 0 Å². The number of ether oxygens (including phenoxy) is 3. The number of carbonyl (C=O) groups excluding carboxylic acids is 2. The molecule has 2 atom stereocenters. The lowest BCUT2D eigenvalue weighted by Crippen LogP contribution is -2.29. The van der Waals surface area contributed by atoms with E-state index >= 15 is 0 Å². The minimum Gasteiger partial charge on any atom is -0.493 e. The van der Waals surface area contributed by atoms with E-state index in [-0.39, 0.29) is 0 Å². The second-order valence-corrected chi connectivity index (χ2v) is 8.09. The highest BCUT2D eigenvalue weighted by atomic mass is 16.5. The quantitative estimate of drug-likeness (QED) is 0.307. The number of rotatable bonds is 11. The van der Waals surface area contributed by atoms with Gasteiger partial charge in [-0.25, -0.2) is 0 Å². The van der Waals surface area contributed by atoms with E-state index < -0.39 is 17.8 Å². The molecular weight excluding hydrogens is 416 g/mol. The van der Waals surface area contributed by atoms with Gasteiger partial charge in [-0.15, -0.1) is 0 Å². The smallest absolute Gasteiger partial charge is 0.309 e. The van der Waals surface area contributed by atoms with Gasteiger partial charge in [0.15, 0.2) is 11.5 Å². The van der Waals surface area contributed by atoms with Crippen LogP contribution < -0.4 is 9.47 Å². The Bertz CT molecular complexity index is 1060. The van der Waals surface area contributed by atoms with Crippen molar-refractivity contribution >= 4 is 12.3 Å². The van der Waals surface area contributed by atoms with Crippen LogP contribution in [0.2, 0.25) is 0 Å². The number of hydrogen-bond acceptors (Lipinski definition) is 5. The minimum atomic E-state index is -0.603. The van der Waals surface area contributed by atoms with Crippen LogP contribution in [-0.4, -0.2) is 26.5 Å². The zero-order chi connectivity index (χ0) is 23.6. The molecule has 0 amide bonds. The summed E-state index contributed by atoms with van der Waals surface area (Å²) >= 11 is 0. The van der Waals surface area contributed by atoms with Gasteiger partial charge in [0, 0.05) is 5.92 Å². The number of benzene rings is 3. The number of carbonyl (C=O) groups is 2. The molecule has 0 N–H and O–H groups in total. The molecule has 3 rings (SSSR count). The Hall–Kier alpha value is -3.60. The third kappa shape index (κ3) is 6.69. The zero-order valence-corrected chi connectivity index (χ0v) is 19.3. The average molecular weight is 447 g/mol. The lowest BCUT2D eigenvalue weighted by Gasteiger charge is -2.22. The molecule has 2 unspecified atom stereocenters. The van der Waals surface area contributed by atoms with Crippen molar-refractivity contribution in [1.29, 1.82) is 0 Å². The maximum absolute atomic E-state index is 12.6. The molecule has 3 aromatic carbocycles. The van der Waals surface area contributed by atoms with E-state index in [4.69, 9.17) is 14.2 Å². The van der Waals surface area contributed by atoms with Gasteiger partial charge < -0.3 is 19.0 Å². The molecule has 0 saturated carbocycles. The number of hydrogen-bond donors (Lipinski definition) is 0. The molecular formula is C28H30O5. The van der Waals surface area contributed by atoms with Crippen molar-refractivity contribution in [3.8, 4) is 11.5 Å². The van der Waals surface area contributed by atoms with Gasteiger partial charge in [-0.3, -0.25) is 4.79 Å². The first-order valence-electron chi connectivity index (χ1n) is 11.0. The Morgan fingerprint density at radius 1 is 0.848 bits per heavy atom. The highest BCUT2D eigenvalue weighted by Crippen LogP contribution is 2.31. The van der Waals surface area contributed by atoms with Crippen molar-refractivity contribution in [2.75, 3.05) is 14.2 Å². The first-order valence-corrected chi connectivity index (χ1v) is 11.0. The maximum atomic E-state index is 12.6. The molecule has 5 nitrogen and oxygen atoms in total. The molecule has 172 valence electrons. The highest BCUT2D eigenvalue weighted by molar-refractivity contribution is 5.77. The van der Waals surface area contributed by atoms with Crippen LogP contribution in [0.5, 0.6) is 11.5 Å². The molecule has 5 heteroatoms. The molecule has 0 fully saturated rings. The first-order chi connectivity index (χ1) is 16.0. The summed E-state index contributed by atoms with van der Waals surface area (Å²) in [5, 5.41) is 0. The lowest BCUT2D eigenvalue weighted by atomic mass is 9.83. The van der Waals surface area contributed by atoms with Gasteiger partial charge >= 0.3 is 5.97 Å². The topological polar surface area (TPSA) is 61.8 Å². The molecule has 0 spiro atoms. The van der Waals surface area contributed by atoms with Crippen LogP contribution in [0.4, 0.5) is 0 Å². The number of aldehydes is 1. The zero-order valence-electron chi connectivity index (χ0n) is 19.3. The van der Waals surface area contributed by atoms with Crippen LogP contribution in [-0.2, 0) is 33.8 Å². The van der Waals surface area contributed by atoms with Crippen LogP contribution in [0, 0.1) is 18.8 Å². The SMILES string of the molecule is COC(=O)C(Cc1ccc(OCc2ccccc2)c(OC)c1)C(C=O)Cc1cccc(C)c1. The predicted octanol–water partition coefficient (Wildman–Crippen LogP) is 4.97. The fraction of sp³-hybridized carbons (Fsp3) is 0.286. The molecule has 0 bridgehead atoms. The van der Waals surface area contributed by atoms with Crippen molar-refractivity contribution < 1.29 is 23.8 Å². The summed E-state index contributed by atoms with van der Waals surface area (Å²) in [6, 6.07) is 23.4. The third-order valence-corrected chi connectivity index (χ3v) is 5.67. The molecule has 0 heterocycles. The Morgan fingerprint density at radius 2 is 1.58 bits per heavy atom. The predicted molar refractivity (Wildman–Crippen MR) is 127 cm³/mol. The van der Waals surface area contributed by atoms with E-state index in [9.17, 15) is 9.59 Å². The molecule has 0 aliphatic rings. The molecule has 33 heavy (non-hydrogen) atoms. The summed E-state index contributed by atoms with van der Waals surface area (Å²) in [5.41, 5.74) is 4.05. The summed E-state index contributed by atoms with van der Waals surface area (Å²) in [4.78, 5) is 24.6. The molecule has 0 aliphatic heterocycles. The molecule has 3 aromatic rings. The van der Waals surface area contributed by atoms with Crippen LogP contribution in [0.25, 0.3) is 0 Å². The number of aryl methyl sites for hydroxylation is 1. The van der Waals surface area contributed by atoms with E-state index in [0.717, 1.165) is 28.5 Å². The second-order valence-electron chi connectivity index (χ2n) is 8.09. The highest BCUT2D eigenvalue weighted by Gasteiger charge is 2.30. The summed E-state index contributed by atoms with van der Waals surface area (Å²) in [6.45, 7) is 2.43. The molecule has 0 aliphatic carbocycles. The summed E-state index contributed by atoms with van der Waals surface area (Å²) < 4.78 is 16.5. The first kappa shape index (κ1) is 24.1. The average Bonchev–Trinajstić information content (AvgIpc) is 2.85. The van der Waals surface area contributed by atoms with Crippen LogP contribution in [0.15, 0.2) is 72.8 Å². The van der Waals surface area contributed by atoms with Gasteiger partial charge in [0.25, 0.3) is 0 Å². The fourth-order valence-corrected chi connectivity index (χ4v) is 3.90. The second kappa shape index (κ2) is 11.9. The van der Waals surface area contributed by atoms with Gasteiger partial charge in [0.05, 0.1) is 20.1 Å². The Morgan fingerprint density at radius 3 is 2.24 bits per heavy atom. The van der Waals surface area contributed by atoms with Crippen molar-refractivity contribution in [3.05, 3.63) is 95.1 Å². The minimum absolute atomic E-state index is 0.358. The van der Waals surface area contributed by atoms with Gasteiger partial charge in [0.1, 0.15) is 12.9 Å². The Balaban J connectivity index is 1.77. The standard InChI is InChI=1S/C28H30O5/c1-20-8-7-11-22(14-20)15-24(18-29)25(28(30)32-3)16-23-12-13-26(27(17-23)31-2)33-19-21-9-5-4-6-10-21/h4-14,17-18,24-25H,15-16,19H2,1-3H3. The van der Waals surface area contributed by atoms with Crippen LogP contribution in [0.1, 0.15) is 22.3 Å². The van der Waals surface area contributed by atoms with E-state index in [1.54, 1.807) is 7.11 Å². The van der Waals surface area contributed by atoms with Crippen LogP contribution in [0.3, 0.4) is 0 Å². The summed E-state index contributed by atoms with van der Waals surface area (Å²) in [5.74, 6) is -0.309. The van der Waals surface area contributed by atoms with E-state index in [1.807, 2.05) is 79.7 Å². The van der Waals surface area contributed by atoms with E-state index in [1.165, 1.54) is 7.11 Å². The molecule has 0 saturated heterocycles. The third-order valence-electron chi connectivity index (χ3n) is 5.67. The van der Waals surface area contributed by atoms with Crippen LogP contribution >= 0.6 is 0 Å². The van der Waals surface area contributed by atoms with Crippen molar-refractivity contribution in [2.24, 2.45) is 11.8 Å². The van der Waals surface area contributed by atoms with E-state index in [2.05, 4.69) is 0 Å². The van der Waals surface area contributed by atoms with Gasteiger partial charge in [0.2, 0.25) is 0 Å². The van der Waals surface area contributed by atoms with Gasteiger partial charge in [-0.2, -0.15) is 0 Å². The summed E-state index contributed by atoms with van der Waals surface area (Å²) in [6.07, 6.45) is 1.69. The van der Waals surface area contributed by atoms with Gasteiger partial charge in [-0.05, 0) is 48.6 Å². The Kier molecular flexibility index (Phi) is 8.64. The van der Waals surface area contributed by atoms with Crippen molar-refractivity contribution in [2.45, 2.75) is 26.4 Å².